The Bertz CT molecular complexity index is 483. The molecule has 1 atom stereocenters. The van der Waals surface area contributed by atoms with E-state index in [0.717, 1.165) is 37.3 Å². The molecule has 1 aliphatic heterocycles. The highest BCUT2D eigenvalue weighted by Gasteiger charge is 2.34. The van der Waals surface area contributed by atoms with Gasteiger partial charge in [0.05, 0.1) is 0 Å². The van der Waals surface area contributed by atoms with Gasteiger partial charge in [-0.05, 0) is 30.0 Å². The number of nitrogens with zero attached hydrogens (tertiary/aromatic N) is 1. The Morgan fingerprint density at radius 1 is 1.18 bits per heavy atom. The maximum absolute atomic E-state index is 10.5. The fraction of sp³-hybridized carbons (Fsp3) is 0.625. The number of piperazine rings is 1. The molecule has 0 spiro atoms. The molecule has 128 valence electrons. The van der Waals surface area contributed by atoms with Crippen LogP contribution in [0, 0.1) is 12.3 Å². The summed E-state index contributed by atoms with van der Waals surface area (Å²) in [6.45, 7) is 12.5. The summed E-state index contributed by atoms with van der Waals surface area (Å²) in [5.41, 5.74) is 1.83. The number of halogens is 3. The fourth-order valence-electron chi connectivity index (χ4n) is 3.12. The molecule has 1 aromatic rings. The summed E-state index contributed by atoms with van der Waals surface area (Å²) in [5.74, 6) is 0.382. The Morgan fingerprint density at radius 3 is 2.23 bits per heavy atom. The van der Waals surface area contributed by atoms with Crippen LogP contribution in [0.2, 0.25) is 5.02 Å². The standard InChI is InChI=1S/C16H25ClN2O.2ClH/c1-11-9-12(17)10-13(14(11)20)15(16(2,3)4)19-7-5-18-6-8-19;;/h9-10,15,18,20H,5-8H2,1-4H3;2*1H/t15-;;/m1../s1. The van der Waals surface area contributed by atoms with Crippen molar-refractivity contribution < 1.29 is 5.11 Å². The highest BCUT2D eigenvalue weighted by atomic mass is 35.5. The molecule has 22 heavy (non-hydrogen) atoms. The lowest BCUT2D eigenvalue weighted by atomic mass is 9.80. The molecule has 0 bridgehead atoms. The zero-order valence-electron chi connectivity index (χ0n) is 13.6. The van der Waals surface area contributed by atoms with Crippen LogP contribution in [0.25, 0.3) is 0 Å². The molecule has 0 aliphatic carbocycles. The van der Waals surface area contributed by atoms with Gasteiger partial charge in [-0.1, -0.05) is 32.4 Å². The summed E-state index contributed by atoms with van der Waals surface area (Å²) in [6.07, 6.45) is 0. The average molecular weight is 370 g/mol. The first-order valence-corrected chi connectivity index (χ1v) is 7.62. The van der Waals surface area contributed by atoms with E-state index in [-0.39, 0.29) is 36.3 Å². The van der Waals surface area contributed by atoms with Crippen molar-refractivity contribution in [1.29, 1.82) is 0 Å². The number of phenolic OH excluding ortho intramolecular Hbond substituents is 1. The van der Waals surface area contributed by atoms with Crippen LogP contribution in [0.3, 0.4) is 0 Å². The van der Waals surface area contributed by atoms with Crippen molar-refractivity contribution in [1.82, 2.24) is 10.2 Å². The number of benzene rings is 1. The lowest BCUT2D eigenvalue weighted by Crippen LogP contribution is -2.48. The largest absolute Gasteiger partial charge is 0.507 e. The minimum Gasteiger partial charge on any atom is -0.507 e. The fourth-order valence-corrected chi connectivity index (χ4v) is 3.40. The maximum atomic E-state index is 10.5. The smallest absolute Gasteiger partial charge is 0.123 e. The molecular formula is C16H27Cl3N2O. The Labute approximate surface area is 151 Å². The third-order valence-electron chi connectivity index (χ3n) is 3.93. The summed E-state index contributed by atoms with van der Waals surface area (Å²) < 4.78 is 0. The van der Waals surface area contributed by atoms with Gasteiger partial charge in [-0.25, -0.2) is 0 Å². The Morgan fingerprint density at radius 2 is 1.73 bits per heavy atom. The molecule has 6 heteroatoms. The van der Waals surface area contributed by atoms with Gasteiger partial charge in [0.15, 0.2) is 0 Å². The van der Waals surface area contributed by atoms with Gasteiger partial charge in [-0.3, -0.25) is 4.90 Å². The van der Waals surface area contributed by atoms with E-state index in [1.807, 2.05) is 19.1 Å². The van der Waals surface area contributed by atoms with E-state index in [1.165, 1.54) is 0 Å². The second-order valence-electron chi connectivity index (χ2n) is 6.72. The zero-order chi connectivity index (χ0) is 14.9. The van der Waals surface area contributed by atoms with Gasteiger partial charge in [-0.2, -0.15) is 0 Å². The number of hydrogen-bond donors (Lipinski definition) is 2. The van der Waals surface area contributed by atoms with Crippen LogP contribution in [0.1, 0.15) is 37.9 Å². The van der Waals surface area contributed by atoms with Crippen molar-refractivity contribution in [3.8, 4) is 5.75 Å². The Balaban J connectivity index is 0.00000220. The van der Waals surface area contributed by atoms with E-state index < -0.39 is 0 Å². The Kier molecular flexibility index (Phi) is 8.53. The van der Waals surface area contributed by atoms with Crippen LogP contribution < -0.4 is 5.32 Å². The first-order chi connectivity index (χ1) is 9.30. The topological polar surface area (TPSA) is 35.5 Å². The van der Waals surface area contributed by atoms with E-state index in [2.05, 4.69) is 31.0 Å². The molecule has 1 aromatic carbocycles. The molecular weight excluding hydrogens is 343 g/mol. The van der Waals surface area contributed by atoms with E-state index in [0.29, 0.717) is 10.8 Å². The second kappa shape index (κ2) is 8.60. The van der Waals surface area contributed by atoms with Gasteiger partial charge in [0.25, 0.3) is 0 Å². The van der Waals surface area contributed by atoms with Crippen LogP contribution in [0.5, 0.6) is 5.75 Å². The van der Waals surface area contributed by atoms with Crippen molar-refractivity contribution in [3.05, 3.63) is 28.3 Å². The van der Waals surface area contributed by atoms with Crippen LogP contribution in [-0.2, 0) is 0 Å². The first kappa shape index (κ1) is 21.8. The van der Waals surface area contributed by atoms with Crippen molar-refractivity contribution in [2.24, 2.45) is 5.41 Å². The summed E-state index contributed by atoms with van der Waals surface area (Å²) in [4.78, 5) is 2.45. The van der Waals surface area contributed by atoms with Gasteiger partial charge >= 0.3 is 0 Å². The lowest BCUT2D eigenvalue weighted by molar-refractivity contribution is 0.0842. The number of aromatic hydroxyl groups is 1. The van der Waals surface area contributed by atoms with E-state index >= 15 is 0 Å². The van der Waals surface area contributed by atoms with Crippen molar-refractivity contribution in [2.75, 3.05) is 26.2 Å². The summed E-state index contributed by atoms with van der Waals surface area (Å²) in [5, 5.41) is 14.6. The molecule has 2 rings (SSSR count). The van der Waals surface area contributed by atoms with Gasteiger partial charge in [0.1, 0.15) is 5.75 Å². The summed E-state index contributed by atoms with van der Waals surface area (Å²) >= 11 is 6.21. The molecule has 1 aliphatic rings. The van der Waals surface area contributed by atoms with Crippen molar-refractivity contribution >= 4 is 36.4 Å². The zero-order valence-corrected chi connectivity index (χ0v) is 16.0. The molecule has 1 fully saturated rings. The number of nitrogens with one attached hydrogen (secondary N) is 1. The molecule has 0 saturated carbocycles. The number of aryl methyl sites for hydroxylation is 1. The van der Waals surface area contributed by atoms with Crippen LogP contribution >= 0.6 is 36.4 Å². The highest BCUT2D eigenvalue weighted by Crippen LogP contribution is 2.43. The lowest BCUT2D eigenvalue weighted by Gasteiger charge is -2.43. The molecule has 0 aromatic heterocycles. The van der Waals surface area contributed by atoms with Crippen LogP contribution in [0.15, 0.2) is 12.1 Å². The summed E-state index contributed by atoms with van der Waals surface area (Å²) in [6, 6.07) is 3.90. The second-order valence-corrected chi connectivity index (χ2v) is 7.15. The van der Waals surface area contributed by atoms with Crippen molar-refractivity contribution in [3.63, 3.8) is 0 Å². The van der Waals surface area contributed by atoms with Gasteiger partial charge < -0.3 is 10.4 Å². The van der Waals surface area contributed by atoms with Crippen molar-refractivity contribution in [2.45, 2.75) is 33.7 Å². The monoisotopic (exact) mass is 368 g/mol. The predicted molar refractivity (Wildman–Crippen MR) is 99.0 cm³/mol. The number of phenols is 1. The molecule has 3 nitrogen and oxygen atoms in total. The molecule has 0 radical (unpaired) electrons. The number of hydrogen-bond acceptors (Lipinski definition) is 3. The van der Waals surface area contributed by atoms with Gasteiger partial charge in [0.2, 0.25) is 0 Å². The minimum atomic E-state index is 0. The maximum Gasteiger partial charge on any atom is 0.123 e. The third-order valence-corrected chi connectivity index (χ3v) is 4.14. The van der Waals surface area contributed by atoms with E-state index in [1.54, 1.807) is 0 Å². The number of rotatable bonds is 2. The van der Waals surface area contributed by atoms with Crippen LogP contribution in [-0.4, -0.2) is 36.2 Å². The molecule has 1 heterocycles. The Hall–Kier alpha value is -0.190. The SMILES string of the molecule is Cc1cc(Cl)cc([C@@H](N2CCNCC2)C(C)(C)C)c1O.Cl.Cl. The van der Waals surface area contributed by atoms with E-state index in [9.17, 15) is 5.11 Å². The third kappa shape index (κ3) is 4.90. The highest BCUT2D eigenvalue weighted by molar-refractivity contribution is 6.30. The van der Waals surface area contributed by atoms with Gasteiger partial charge in [0, 0.05) is 42.8 Å². The first-order valence-electron chi connectivity index (χ1n) is 7.24. The molecule has 1 saturated heterocycles. The minimum absolute atomic E-state index is 0. The van der Waals surface area contributed by atoms with E-state index in [4.69, 9.17) is 11.6 Å². The van der Waals surface area contributed by atoms with Gasteiger partial charge in [-0.15, -0.1) is 24.8 Å². The quantitative estimate of drug-likeness (QED) is 0.820. The average Bonchev–Trinajstić information content (AvgIpc) is 2.35. The van der Waals surface area contributed by atoms with Crippen LogP contribution in [0.4, 0.5) is 0 Å². The molecule has 0 unspecified atom stereocenters. The molecule has 2 N–H and O–H groups in total. The predicted octanol–water partition coefficient (Wildman–Crippen LogP) is 4.19. The normalized spacial score (nSPS) is 17.3. The summed E-state index contributed by atoms with van der Waals surface area (Å²) in [7, 11) is 0. The molecule has 0 amide bonds.